The van der Waals surface area contributed by atoms with Gasteiger partial charge in [-0.2, -0.15) is 0 Å². The fourth-order valence-corrected chi connectivity index (χ4v) is 2.55. The van der Waals surface area contributed by atoms with Crippen molar-refractivity contribution in [2.45, 2.75) is 12.5 Å². The van der Waals surface area contributed by atoms with Crippen LogP contribution >= 0.6 is 0 Å². The first-order valence-electron chi connectivity index (χ1n) is 6.63. The SMILES string of the molecule is NC1=NCC(Cc2ccccc2)N1c1ccccc1F. The second-order valence-electron chi connectivity index (χ2n) is 4.86. The molecule has 0 fully saturated rings. The average molecular weight is 269 g/mol. The first-order chi connectivity index (χ1) is 9.75. The van der Waals surface area contributed by atoms with Gasteiger partial charge in [-0.15, -0.1) is 0 Å². The van der Waals surface area contributed by atoms with Gasteiger partial charge in [-0.25, -0.2) is 4.39 Å². The van der Waals surface area contributed by atoms with Crippen molar-refractivity contribution in [3.8, 4) is 0 Å². The molecule has 0 bridgehead atoms. The average Bonchev–Trinajstić information content (AvgIpc) is 2.82. The van der Waals surface area contributed by atoms with E-state index in [1.54, 1.807) is 17.0 Å². The molecule has 0 aromatic heterocycles. The van der Waals surface area contributed by atoms with Crippen molar-refractivity contribution < 1.29 is 4.39 Å². The number of anilines is 1. The molecule has 1 atom stereocenters. The van der Waals surface area contributed by atoms with Gasteiger partial charge in [-0.3, -0.25) is 4.99 Å². The normalized spacial score (nSPS) is 18.1. The van der Waals surface area contributed by atoms with Crippen LogP contribution in [-0.4, -0.2) is 18.5 Å². The van der Waals surface area contributed by atoms with Crippen LogP contribution in [0, 0.1) is 5.82 Å². The number of hydrogen-bond acceptors (Lipinski definition) is 3. The van der Waals surface area contributed by atoms with E-state index in [1.165, 1.54) is 11.6 Å². The van der Waals surface area contributed by atoms with Crippen molar-refractivity contribution in [2.24, 2.45) is 10.7 Å². The van der Waals surface area contributed by atoms with E-state index in [1.807, 2.05) is 24.3 Å². The molecular weight excluding hydrogens is 253 g/mol. The Morgan fingerprint density at radius 1 is 1.10 bits per heavy atom. The molecule has 4 heteroatoms. The topological polar surface area (TPSA) is 41.6 Å². The molecule has 0 radical (unpaired) electrons. The minimum atomic E-state index is -0.273. The number of guanidine groups is 1. The third kappa shape index (κ3) is 2.37. The molecule has 1 heterocycles. The Morgan fingerprint density at radius 2 is 1.80 bits per heavy atom. The Labute approximate surface area is 117 Å². The third-order valence-electron chi connectivity index (χ3n) is 3.50. The number of benzene rings is 2. The van der Waals surface area contributed by atoms with Gasteiger partial charge < -0.3 is 10.6 Å². The summed E-state index contributed by atoms with van der Waals surface area (Å²) in [5, 5.41) is 0. The van der Waals surface area contributed by atoms with Crippen LogP contribution in [-0.2, 0) is 6.42 Å². The van der Waals surface area contributed by atoms with E-state index in [-0.39, 0.29) is 11.9 Å². The Hall–Kier alpha value is -2.36. The largest absolute Gasteiger partial charge is 0.370 e. The standard InChI is InChI=1S/C16H16FN3/c17-14-8-4-5-9-15(14)20-13(11-19-16(20)18)10-12-6-2-1-3-7-12/h1-9,13H,10-11H2,(H2,18,19). The van der Waals surface area contributed by atoms with Crippen molar-refractivity contribution in [3.63, 3.8) is 0 Å². The maximum Gasteiger partial charge on any atom is 0.196 e. The molecule has 1 aliphatic rings. The summed E-state index contributed by atoms with van der Waals surface area (Å²) in [6.45, 7) is 0.592. The van der Waals surface area contributed by atoms with Gasteiger partial charge in [-0.1, -0.05) is 42.5 Å². The van der Waals surface area contributed by atoms with E-state index in [9.17, 15) is 4.39 Å². The molecule has 3 rings (SSSR count). The monoisotopic (exact) mass is 269 g/mol. The van der Waals surface area contributed by atoms with Crippen LogP contribution in [0.2, 0.25) is 0 Å². The summed E-state index contributed by atoms with van der Waals surface area (Å²) in [5.74, 6) is 0.113. The lowest BCUT2D eigenvalue weighted by atomic mass is 10.0. The molecule has 1 unspecified atom stereocenters. The predicted octanol–water partition coefficient (Wildman–Crippen LogP) is 2.57. The lowest BCUT2D eigenvalue weighted by Crippen LogP contribution is -2.42. The molecule has 2 N–H and O–H groups in total. The zero-order valence-electron chi connectivity index (χ0n) is 11.0. The van der Waals surface area contributed by atoms with E-state index >= 15 is 0 Å². The van der Waals surface area contributed by atoms with Crippen LogP contribution in [0.4, 0.5) is 10.1 Å². The summed E-state index contributed by atoms with van der Waals surface area (Å²) in [7, 11) is 0. The number of halogens is 1. The van der Waals surface area contributed by atoms with Gasteiger partial charge in [-0.05, 0) is 24.1 Å². The Morgan fingerprint density at radius 3 is 2.55 bits per heavy atom. The zero-order valence-corrected chi connectivity index (χ0v) is 11.0. The minimum Gasteiger partial charge on any atom is -0.370 e. The highest BCUT2D eigenvalue weighted by Gasteiger charge is 2.29. The molecule has 102 valence electrons. The first-order valence-corrected chi connectivity index (χ1v) is 6.63. The Balaban J connectivity index is 1.87. The second-order valence-corrected chi connectivity index (χ2v) is 4.86. The summed E-state index contributed by atoms with van der Waals surface area (Å²) in [5.41, 5.74) is 7.62. The van der Waals surface area contributed by atoms with Gasteiger partial charge in [0, 0.05) is 0 Å². The molecule has 0 aliphatic carbocycles. The summed E-state index contributed by atoms with van der Waals surface area (Å²) in [4.78, 5) is 6.06. The van der Waals surface area contributed by atoms with Crippen molar-refractivity contribution in [2.75, 3.05) is 11.4 Å². The molecule has 3 nitrogen and oxygen atoms in total. The number of nitrogens with zero attached hydrogens (tertiary/aromatic N) is 2. The highest BCUT2D eigenvalue weighted by atomic mass is 19.1. The third-order valence-corrected chi connectivity index (χ3v) is 3.50. The highest BCUT2D eigenvalue weighted by molar-refractivity contribution is 5.97. The van der Waals surface area contributed by atoms with Crippen LogP contribution in [0.5, 0.6) is 0 Å². The highest BCUT2D eigenvalue weighted by Crippen LogP contribution is 2.25. The van der Waals surface area contributed by atoms with E-state index < -0.39 is 0 Å². The zero-order chi connectivity index (χ0) is 13.9. The lowest BCUT2D eigenvalue weighted by Gasteiger charge is -2.26. The molecule has 1 aliphatic heterocycles. The van der Waals surface area contributed by atoms with Gasteiger partial charge in [0.15, 0.2) is 5.96 Å². The number of para-hydroxylation sites is 1. The van der Waals surface area contributed by atoms with Gasteiger partial charge >= 0.3 is 0 Å². The van der Waals surface area contributed by atoms with Crippen LogP contribution < -0.4 is 10.6 Å². The maximum absolute atomic E-state index is 14.0. The minimum absolute atomic E-state index is 0.0642. The summed E-state index contributed by atoms with van der Waals surface area (Å²) < 4.78 is 14.0. The molecule has 20 heavy (non-hydrogen) atoms. The van der Waals surface area contributed by atoms with E-state index in [4.69, 9.17) is 5.73 Å². The quantitative estimate of drug-likeness (QED) is 0.930. The van der Waals surface area contributed by atoms with Crippen LogP contribution in [0.15, 0.2) is 59.6 Å². The van der Waals surface area contributed by atoms with Gasteiger partial charge in [0.2, 0.25) is 0 Å². The van der Waals surface area contributed by atoms with Gasteiger partial charge in [0.05, 0.1) is 18.3 Å². The van der Waals surface area contributed by atoms with Gasteiger partial charge in [0.25, 0.3) is 0 Å². The molecule has 0 amide bonds. The van der Waals surface area contributed by atoms with Crippen LogP contribution in [0.3, 0.4) is 0 Å². The molecular formula is C16H16FN3. The van der Waals surface area contributed by atoms with E-state index in [0.29, 0.717) is 18.2 Å². The van der Waals surface area contributed by atoms with Crippen molar-refractivity contribution >= 4 is 11.6 Å². The smallest absolute Gasteiger partial charge is 0.196 e. The molecule has 0 saturated heterocycles. The van der Waals surface area contributed by atoms with Crippen molar-refractivity contribution in [1.82, 2.24) is 0 Å². The molecule has 2 aromatic rings. The summed E-state index contributed by atoms with van der Waals surface area (Å²) >= 11 is 0. The molecule has 2 aromatic carbocycles. The summed E-state index contributed by atoms with van der Waals surface area (Å²) in [6, 6.07) is 16.8. The molecule has 0 saturated carbocycles. The molecule has 0 spiro atoms. The van der Waals surface area contributed by atoms with Crippen LogP contribution in [0.1, 0.15) is 5.56 Å². The Bertz CT molecular complexity index is 625. The van der Waals surface area contributed by atoms with Gasteiger partial charge in [0.1, 0.15) is 5.82 Å². The van der Waals surface area contributed by atoms with Crippen molar-refractivity contribution in [1.29, 1.82) is 0 Å². The number of hydrogen-bond donors (Lipinski definition) is 1. The van der Waals surface area contributed by atoms with E-state index in [0.717, 1.165) is 6.42 Å². The lowest BCUT2D eigenvalue weighted by molar-refractivity contribution is 0.614. The first kappa shape index (κ1) is 12.7. The Kier molecular flexibility index (Phi) is 3.37. The maximum atomic E-state index is 14.0. The summed E-state index contributed by atoms with van der Waals surface area (Å²) in [6.07, 6.45) is 0.791. The van der Waals surface area contributed by atoms with E-state index in [2.05, 4.69) is 17.1 Å². The predicted molar refractivity (Wildman–Crippen MR) is 79.3 cm³/mol. The number of rotatable bonds is 3. The number of aliphatic imine (C=N–C) groups is 1. The fourth-order valence-electron chi connectivity index (χ4n) is 2.55. The number of nitrogens with two attached hydrogens (primary N) is 1. The van der Waals surface area contributed by atoms with Crippen LogP contribution in [0.25, 0.3) is 0 Å². The second kappa shape index (κ2) is 5.33. The van der Waals surface area contributed by atoms with Crippen molar-refractivity contribution in [3.05, 3.63) is 66.0 Å². The fraction of sp³-hybridized carbons (Fsp3) is 0.188.